The van der Waals surface area contributed by atoms with Crippen molar-refractivity contribution < 1.29 is 0 Å². The minimum absolute atomic E-state index is 0.890. The van der Waals surface area contributed by atoms with Gasteiger partial charge in [0.1, 0.15) is 0 Å². The van der Waals surface area contributed by atoms with Crippen molar-refractivity contribution in [1.82, 2.24) is 0 Å². The second-order valence-corrected chi connectivity index (χ2v) is 12.6. The van der Waals surface area contributed by atoms with E-state index < -0.39 is 6.95 Å². The predicted molar refractivity (Wildman–Crippen MR) is 101 cm³/mol. The van der Waals surface area contributed by atoms with Gasteiger partial charge in [0.25, 0.3) is 0 Å². The van der Waals surface area contributed by atoms with Crippen LogP contribution in [0.4, 0.5) is 0 Å². The number of rotatable bonds is 4. The Hall–Kier alpha value is -1.48. The molecule has 0 nitrogen and oxygen atoms in total. The quantitative estimate of drug-likeness (QED) is 0.640. The zero-order valence-corrected chi connectivity index (χ0v) is 14.2. The summed E-state index contributed by atoms with van der Waals surface area (Å²) in [5, 5.41) is 4.51. The molecule has 3 aromatic rings. The Morgan fingerprint density at radius 3 is 1.05 bits per heavy atom. The first-order valence-electron chi connectivity index (χ1n) is 7.23. The first-order chi connectivity index (χ1) is 10.4. The van der Waals surface area contributed by atoms with Crippen LogP contribution in [-0.4, -0.2) is 6.66 Å². The fourth-order valence-corrected chi connectivity index (χ4v) is 11.0. The van der Waals surface area contributed by atoms with Gasteiger partial charge in [-0.3, -0.25) is 0 Å². The summed E-state index contributed by atoms with van der Waals surface area (Å²) in [5.74, 6) is 0. The molecule has 3 aromatic carbocycles. The van der Waals surface area contributed by atoms with Gasteiger partial charge in [0.2, 0.25) is 0 Å². The standard InChI is InChI=1S/C19H20P2/c1-20-21(17-11-5-2-6-12-17,18-13-7-3-8-14-18)19-15-9-4-10-16-19/h2-16,20-21H,1H3. The third-order valence-corrected chi connectivity index (χ3v) is 13.2. The van der Waals surface area contributed by atoms with Gasteiger partial charge in [-0.2, -0.15) is 0 Å². The predicted octanol–water partition coefficient (Wildman–Crippen LogP) is 3.94. The van der Waals surface area contributed by atoms with E-state index in [0.29, 0.717) is 0 Å². The molecule has 0 aromatic heterocycles. The van der Waals surface area contributed by atoms with E-state index in [9.17, 15) is 0 Å². The Bertz CT molecular complexity index is 582. The van der Waals surface area contributed by atoms with Gasteiger partial charge in [0.05, 0.1) is 0 Å². The molecule has 3 rings (SSSR count). The maximum atomic E-state index is 2.36. The van der Waals surface area contributed by atoms with Gasteiger partial charge in [0, 0.05) is 0 Å². The summed E-state index contributed by atoms with van der Waals surface area (Å²) in [4.78, 5) is 0. The van der Waals surface area contributed by atoms with E-state index in [1.54, 1.807) is 0 Å². The molecule has 1 atom stereocenters. The number of hydrogen-bond acceptors (Lipinski definition) is 0. The van der Waals surface area contributed by atoms with Crippen LogP contribution in [0.2, 0.25) is 0 Å². The van der Waals surface area contributed by atoms with E-state index >= 15 is 0 Å². The molecule has 0 aliphatic rings. The molecular formula is C19H20P2. The second-order valence-electron chi connectivity index (χ2n) is 5.10. The van der Waals surface area contributed by atoms with Crippen molar-refractivity contribution in [3.05, 3.63) is 91.0 Å². The number of benzene rings is 3. The maximum absolute atomic E-state index is 2.36. The molecule has 0 amide bonds. The molecule has 0 spiro atoms. The van der Waals surface area contributed by atoms with Crippen LogP contribution >= 0.6 is 15.2 Å². The van der Waals surface area contributed by atoms with Crippen molar-refractivity contribution in [2.75, 3.05) is 6.66 Å². The van der Waals surface area contributed by atoms with Crippen LogP contribution in [0.1, 0.15) is 0 Å². The molecule has 0 saturated carbocycles. The molecule has 0 bridgehead atoms. The van der Waals surface area contributed by atoms with E-state index in [-0.39, 0.29) is 0 Å². The Labute approximate surface area is 129 Å². The van der Waals surface area contributed by atoms with E-state index in [4.69, 9.17) is 0 Å². The molecular weight excluding hydrogens is 290 g/mol. The van der Waals surface area contributed by atoms with Crippen molar-refractivity contribution in [3.8, 4) is 0 Å². The van der Waals surface area contributed by atoms with Crippen LogP contribution in [0, 0.1) is 0 Å². The van der Waals surface area contributed by atoms with Crippen molar-refractivity contribution in [2.24, 2.45) is 0 Å². The van der Waals surface area contributed by atoms with Crippen molar-refractivity contribution in [3.63, 3.8) is 0 Å². The van der Waals surface area contributed by atoms with Crippen LogP contribution in [-0.2, 0) is 0 Å². The molecule has 0 saturated heterocycles. The molecule has 0 fully saturated rings. The molecule has 2 heteroatoms. The fourth-order valence-electron chi connectivity index (χ4n) is 3.00. The topological polar surface area (TPSA) is 0 Å². The van der Waals surface area contributed by atoms with E-state index in [2.05, 4.69) is 97.7 Å². The molecule has 0 aliphatic heterocycles. The summed E-state index contributed by atoms with van der Waals surface area (Å²) < 4.78 is 0. The van der Waals surface area contributed by atoms with Crippen LogP contribution in [0.3, 0.4) is 0 Å². The Morgan fingerprint density at radius 2 is 0.810 bits per heavy atom. The van der Waals surface area contributed by atoms with Gasteiger partial charge in [-0.15, -0.1) is 0 Å². The summed E-state index contributed by atoms with van der Waals surface area (Å²) in [6, 6.07) is 33.2. The summed E-state index contributed by atoms with van der Waals surface area (Å²) >= 11 is 0. The van der Waals surface area contributed by atoms with E-state index in [1.807, 2.05) is 0 Å². The van der Waals surface area contributed by atoms with Gasteiger partial charge in [-0.1, -0.05) is 0 Å². The number of hydrogen-bond donors (Lipinski definition) is 0. The van der Waals surface area contributed by atoms with Crippen molar-refractivity contribution in [2.45, 2.75) is 0 Å². The van der Waals surface area contributed by atoms with E-state index in [0.717, 1.165) is 8.27 Å². The Morgan fingerprint density at radius 1 is 0.524 bits per heavy atom. The fraction of sp³-hybridized carbons (Fsp3) is 0.0526. The van der Waals surface area contributed by atoms with Gasteiger partial charge < -0.3 is 0 Å². The average Bonchev–Trinajstić information content (AvgIpc) is 2.59. The van der Waals surface area contributed by atoms with Gasteiger partial charge in [-0.05, 0) is 0 Å². The molecule has 106 valence electrons. The summed E-state index contributed by atoms with van der Waals surface area (Å²) in [7, 11) is 0.890. The van der Waals surface area contributed by atoms with Crippen LogP contribution < -0.4 is 15.9 Å². The molecule has 0 radical (unpaired) electrons. The Balaban J connectivity index is 2.29. The first-order valence-corrected chi connectivity index (χ1v) is 11.7. The molecule has 0 heterocycles. The summed E-state index contributed by atoms with van der Waals surface area (Å²) in [5.41, 5.74) is 0. The Kier molecular flexibility index (Phi) is 4.49. The average molecular weight is 310 g/mol. The molecule has 0 N–H and O–H groups in total. The normalized spacial score (nSPS) is 12.6. The van der Waals surface area contributed by atoms with Crippen molar-refractivity contribution in [1.29, 1.82) is 0 Å². The summed E-state index contributed by atoms with van der Waals surface area (Å²) in [6.07, 6.45) is 0. The third kappa shape index (κ3) is 2.67. The van der Waals surface area contributed by atoms with Gasteiger partial charge in [0.15, 0.2) is 0 Å². The van der Waals surface area contributed by atoms with Crippen LogP contribution in [0.25, 0.3) is 0 Å². The zero-order chi connectivity index (χ0) is 14.5. The monoisotopic (exact) mass is 310 g/mol. The summed E-state index contributed by atoms with van der Waals surface area (Å²) in [6.45, 7) is 0.490. The van der Waals surface area contributed by atoms with Gasteiger partial charge in [-0.25, -0.2) is 0 Å². The molecule has 0 aliphatic carbocycles. The van der Waals surface area contributed by atoms with Crippen LogP contribution in [0.15, 0.2) is 91.0 Å². The van der Waals surface area contributed by atoms with Gasteiger partial charge >= 0.3 is 129 Å². The first kappa shape index (κ1) is 14.5. The minimum atomic E-state index is -1.87. The molecule has 1 unspecified atom stereocenters. The van der Waals surface area contributed by atoms with E-state index in [1.165, 1.54) is 15.9 Å². The SMILES string of the molecule is CP[PH](c1ccccc1)(c1ccccc1)c1ccccc1. The van der Waals surface area contributed by atoms with Crippen molar-refractivity contribution >= 4 is 31.1 Å². The molecule has 21 heavy (non-hydrogen) atoms. The second kappa shape index (κ2) is 6.52. The van der Waals surface area contributed by atoms with Crippen LogP contribution in [0.5, 0.6) is 0 Å². The third-order valence-electron chi connectivity index (χ3n) is 4.00. The zero-order valence-electron chi connectivity index (χ0n) is 12.2.